The third-order valence-electron chi connectivity index (χ3n) is 18.3. The van der Waals surface area contributed by atoms with E-state index >= 15 is 23.2 Å². The van der Waals surface area contributed by atoms with E-state index in [0.717, 1.165) is 0 Å². The first-order valence-electron chi connectivity index (χ1n) is 27.4. The molecule has 10 rings (SSSR count). The number of ketones is 3. The summed E-state index contributed by atoms with van der Waals surface area (Å²) in [7, 11) is 0. The number of rotatable bonds is 12. The van der Waals surface area contributed by atoms with Gasteiger partial charge in [0.2, 0.25) is 0 Å². The maximum Gasteiger partial charge on any atom is 0.189 e. The normalized spacial score (nSPS) is 28.7. The highest BCUT2D eigenvalue weighted by Gasteiger charge is 2.66. The topological polar surface area (TPSA) is 197 Å². The highest BCUT2D eigenvalue weighted by Crippen LogP contribution is 2.66. The molecular formula is C63H70F2N2O9. The number of allylic oxidation sites excluding steroid dienone is 4. The van der Waals surface area contributed by atoms with Gasteiger partial charge in [-0.2, -0.15) is 0 Å². The number of phenols is 2. The molecule has 4 aromatic carbocycles. The molecule has 13 heteroatoms. The Morgan fingerprint density at radius 1 is 0.526 bits per heavy atom. The molecule has 4 aliphatic carbocycles. The summed E-state index contributed by atoms with van der Waals surface area (Å²) in [6.45, 7) is 5.21. The number of aromatic hydroxyl groups is 2. The van der Waals surface area contributed by atoms with Crippen LogP contribution in [0.5, 0.6) is 11.5 Å². The number of Topliss-reactive ketones (excluding diaryl/α,β-unsaturated/α-hetero) is 3. The third kappa shape index (κ3) is 9.34. The molecule has 0 bridgehead atoms. The molecule has 2 saturated heterocycles. The molecule has 2 aliphatic heterocycles. The van der Waals surface area contributed by atoms with E-state index in [1.165, 1.54) is 60.7 Å². The SMILES string of the molecule is Cc1c(F)cccc1C1=C(C(=O)c2cccc(O)c2)CC(C(=O)C2(C3CCC(O)CC3)CC(C(=O)c3cccc(O)c3)=C(c3cccc(F)c3C)C(O)=C2C2CCCNC2)(C2CCC(O)CC2)C(C2CCCNC2)=C1O. The maximum absolute atomic E-state index is 18.5. The molecule has 4 unspecified atom stereocenters. The lowest BCUT2D eigenvalue weighted by molar-refractivity contribution is -0.145. The van der Waals surface area contributed by atoms with Crippen LogP contribution in [0.2, 0.25) is 0 Å². The van der Waals surface area contributed by atoms with Crippen molar-refractivity contribution in [2.75, 3.05) is 26.2 Å². The van der Waals surface area contributed by atoms with Crippen LogP contribution >= 0.6 is 0 Å². The number of aliphatic hydroxyl groups excluding tert-OH is 4. The first-order chi connectivity index (χ1) is 36.6. The van der Waals surface area contributed by atoms with Gasteiger partial charge in [-0.1, -0.05) is 48.5 Å². The molecule has 76 heavy (non-hydrogen) atoms. The second-order valence-corrected chi connectivity index (χ2v) is 22.5. The van der Waals surface area contributed by atoms with E-state index in [1.807, 2.05) is 0 Å². The Balaban J connectivity index is 1.35. The molecule has 2 heterocycles. The van der Waals surface area contributed by atoms with Crippen LogP contribution in [0.1, 0.15) is 133 Å². The monoisotopic (exact) mass is 1040 g/mol. The van der Waals surface area contributed by atoms with Crippen LogP contribution in [0.4, 0.5) is 8.78 Å². The molecular weight excluding hydrogens is 967 g/mol. The van der Waals surface area contributed by atoms with E-state index in [1.54, 1.807) is 38.1 Å². The average Bonchev–Trinajstić information content (AvgIpc) is 3.47. The molecule has 4 aromatic rings. The highest BCUT2D eigenvalue weighted by atomic mass is 19.1. The van der Waals surface area contributed by atoms with Gasteiger partial charge < -0.3 is 41.3 Å². The molecule has 0 spiro atoms. The third-order valence-corrected chi connectivity index (χ3v) is 18.3. The van der Waals surface area contributed by atoms with Crippen LogP contribution < -0.4 is 10.6 Å². The van der Waals surface area contributed by atoms with Gasteiger partial charge in [0.1, 0.15) is 34.7 Å². The van der Waals surface area contributed by atoms with Gasteiger partial charge in [-0.05, 0) is 210 Å². The predicted molar refractivity (Wildman–Crippen MR) is 287 cm³/mol. The minimum Gasteiger partial charge on any atom is -0.508 e. The summed E-state index contributed by atoms with van der Waals surface area (Å²) in [6.07, 6.45) is 2.91. The fourth-order valence-corrected chi connectivity index (χ4v) is 14.6. The number of piperidine rings is 2. The summed E-state index contributed by atoms with van der Waals surface area (Å²) in [5.74, 6) is -6.00. The number of carbonyl (C=O) groups is 3. The van der Waals surface area contributed by atoms with E-state index in [9.17, 15) is 30.6 Å². The lowest BCUT2D eigenvalue weighted by Gasteiger charge is -2.57. The predicted octanol–water partition coefficient (Wildman–Crippen LogP) is 11.0. The second kappa shape index (κ2) is 21.6. The van der Waals surface area contributed by atoms with Gasteiger partial charge in [-0.25, -0.2) is 8.78 Å². The molecule has 8 N–H and O–H groups in total. The van der Waals surface area contributed by atoms with Gasteiger partial charge in [0, 0.05) is 46.5 Å². The van der Waals surface area contributed by atoms with Gasteiger partial charge in [0.25, 0.3) is 0 Å². The van der Waals surface area contributed by atoms with Crippen LogP contribution in [0.3, 0.4) is 0 Å². The molecule has 4 atom stereocenters. The summed E-state index contributed by atoms with van der Waals surface area (Å²) in [6, 6.07) is 20.7. The number of carbonyl (C=O) groups excluding carboxylic acids is 3. The summed E-state index contributed by atoms with van der Waals surface area (Å²) < 4.78 is 32.0. The summed E-state index contributed by atoms with van der Waals surface area (Å²) in [5.41, 5.74) is -1.53. The quantitative estimate of drug-likeness (QED) is 0.0629. The van der Waals surface area contributed by atoms with Crippen LogP contribution in [-0.2, 0) is 4.79 Å². The zero-order valence-corrected chi connectivity index (χ0v) is 43.4. The highest BCUT2D eigenvalue weighted by molar-refractivity contribution is 6.19. The Morgan fingerprint density at radius 3 is 1.26 bits per heavy atom. The molecule has 2 saturated carbocycles. The van der Waals surface area contributed by atoms with E-state index in [2.05, 4.69) is 10.6 Å². The van der Waals surface area contributed by atoms with Crippen molar-refractivity contribution < 1.29 is 53.8 Å². The number of phenolic OH excluding ortho intramolecular Hbond substituents is 2. The number of halogens is 2. The summed E-state index contributed by atoms with van der Waals surface area (Å²) in [4.78, 5) is 50.1. The van der Waals surface area contributed by atoms with Crippen LogP contribution in [-0.4, -0.2) is 86.4 Å². The lowest BCUT2D eigenvalue weighted by Crippen LogP contribution is -2.59. The van der Waals surface area contributed by atoms with Gasteiger partial charge in [0.05, 0.1) is 23.0 Å². The minimum absolute atomic E-state index is 0.0329. The van der Waals surface area contributed by atoms with Gasteiger partial charge in [-0.3, -0.25) is 14.4 Å². The Hall–Kier alpha value is -6.25. The van der Waals surface area contributed by atoms with Crippen molar-refractivity contribution in [3.05, 3.63) is 164 Å². The fourth-order valence-electron chi connectivity index (χ4n) is 14.6. The standard InChI is InChI=1S/C63H70F2N2O9/c1-35-47(15-5-17-51(35)64)53-49(57(72)37-9-3-13-45(70)29-37)31-62(41-19-23-43(68)24-20-41,55(59(53)74)39-11-7-27-66-33-39)61(76)63(42-21-25-44(69)26-22-42)32-50(58(73)38-10-4-14-46(71)30-38)54(48-16-6-18-52(65)36(48)2)60(75)56(63)40-12-8-28-67-34-40/h3-6,9-10,13-18,29-30,39-44,66-71,74-75H,7-8,11-12,19-28,31-34H2,1-2H3. The van der Waals surface area contributed by atoms with Crippen molar-refractivity contribution >= 4 is 28.5 Å². The zero-order chi connectivity index (χ0) is 53.6. The van der Waals surface area contributed by atoms with Gasteiger partial charge >= 0.3 is 0 Å². The molecule has 11 nitrogen and oxygen atoms in total. The number of hydrogen-bond acceptors (Lipinski definition) is 11. The molecule has 0 aromatic heterocycles. The van der Waals surface area contributed by atoms with E-state index in [-0.39, 0.29) is 91.5 Å². The van der Waals surface area contributed by atoms with Crippen molar-refractivity contribution in [1.82, 2.24) is 10.6 Å². The van der Waals surface area contributed by atoms with Crippen molar-refractivity contribution in [2.45, 2.75) is 116 Å². The number of aliphatic hydroxyl groups is 4. The number of benzene rings is 4. The smallest absolute Gasteiger partial charge is 0.189 e. The Bertz CT molecular complexity index is 2870. The van der Waals surface area contributed by atoms with E-state index in [0.29, 0.717) is 114 Å². The van der Waals surface area contributed by atoms with Crippen molar-refractivity contribution in [3.63, 3.8) is 0 Å². The molecule has 0 radical (unpaired) electrons. The Morgan fingerprint density at radius 2 is 0.908 bits per heavy atom. The Kier molecular flexibility index (Phi) is 15.1. The maximum atomic E-state index is 18.5. The first-order valence-corrected chi connectivity index (χ1v) is 27.4. The first kappa shape index (κ1) is 53.2. The number of hydrogen-bond donors (Lipinski definition) is 8. The van der Waals surface area contributed by atoms with Gasteiger partial charge in [-0.15, -0.1) is 0 Å². The fraction of sp³-hybridized carbons (Fsp3) is 0.444. The Labute approximate surface area is 443 Å². The molecule has 0 amide bonds. The summed E-state index contributed by atoms with van der Waals surface area (Å²) in [5, 5.41) is 79.1. The van der Waals surface area contributed by atoms with Gasteiger partial charge in [0.15, 0.2) is 17.3 Å². The van der Waals surface area contributed by atoms with E-state index < -0.39 is 75.7 Å². The molecule has 6 aliphatic rings. The average molecular weight is 1040 g/mol. The van der Waals surface area contributed by atoms with Crippen LogP contribution in [0.15, 0.2) is 119 Å². The lowest BCUT2D eigenvalue weighted by atomic mass is 9.44. The van der Waals surface area contributed by atoms with Crippen molar-refractivity contribution in [3.8, 4) is 11.5 Å². The second-order valence-electron chi connectivity index (χ2n) is 22.5. The molecule has 4 fully saturated rings. The van der Waals surface area contributed by atoms with Crippen molar-refractivity contribution in [1.29, 1.82) is 0 Å². The summed E-state index contributed by atoms with van der Waals surface area (Å²) >= 11 is 0. The van der Waals surface area contributed by atoms with Crippen molar-refractivity contribution in [2.24, 2.45) is 34.5 Å². The van der Waals surface area contributed by atoms with Crippen LogP contribution in [0.25, 0.3) is 11.1 Å². The largest absolute Gasteiger partial charge is 0.508 e. The van der Waals surface area contributed by atoms with E-state index in [4.69, 9.17) is 0 Å². The number of nitrogens with one attached hydrogen (secondary N) is 2. The van der Waals surface area contributed by atoms with Crippen LogP contribution in [0, 0.1) is 60.0 Å². The minimum atomic E-state index is -1.80. The molecule has 400 valence electrons. The zero-order valence-electron chi connectivity index (χ0n) is 43.4.